The molecule has 0 saturated carbocycles. The van der Waals surface area contributed by atoms with E-state index in [1.54, 1.807) is 0 Å². The number of anilines is 1. The van der Waals surface area contributed by atoms with Crippen molar-refractivity contribution < 1.29 is 4.21 Å². The van der Waals surface area contributed by atoms with Gasteiger partial charge in [0.2, 0.25) is 0 Å². The third-order valence-electron chi connectivity index (χ3n) is 5.28. The van der Waals surface area contributed by atoms with E-state index in [-0.39, 0.29) is 24.0 Å². The van der Waals surface area contributed by atoms with Crippen molar-refractivity contribution in [3.63, 3.8) is 0 Å². The molecule has 5 nitrogen and oxygen atoms in total. The van der Waals surface area contributed by atoms with Crippen LogP contribution in [-0.4, -0.2) is 60.6 Å². The molecule has 1 aliphatic rings. The first kappa shape index (κ1) is 23.7. The highest BCUT2D eigenvalue weighted by atomic mass is 127. The van der Waals surface area contributed by atoms with E-state index in [9.17, 15) is 4.21 Å². The predicted molar refractivity (Wildman–Crippen MR) is 134 cm³/mol. The molecule has 0 aliphatic carbocycles. The Morgan fingerprint density at radius 3 is 2.38 bits per heavy atom. The van der Waals surface area contributed by atoms with Crippen molar-refractivity contribution in [2.45, 2.75) is 18.7 Å². The van der Waals surface area contributed by atoms with Crippen molar-refractivity contribution in [2.24, 2.45) is 4.99 Å². The van der Waals surface area contributed by atoms with Crippen molar-refractivity contribution in [1.29, 1.82) is 0 Å². The summed E-state index contributed by atoms with van der Waals surface area (Å²) in [5, 5.41) is 3.38. The number of benzene rings is 2. The Kier molecular flexibility index (Phi) is 9.42. The van der Waals surface area contributed by atoms with Crippen molar-refractivity contribution in [3.05, 3.63) is 59.7 Å². The van der Waals surface area contributed by atoms with Crippen LogP contribution < -0.4 is 10.2 Å². The SMILES string of the molecule is CN=C(NCCS(=O)c1ccccc1)N1CCN(c2cccc(C)c2C)CC1.I. The molecule has 0 aromatic heterocycles. The largest absolute Gasteiger partial charge is 0.368 e. The van der Waals surface area contributed by atoms with E-state index in [1.165, 1.54) is 16.8 Å². The molecule has 1 saturated heterocycles. The molecule has 1 atom stereocenters. The molecule has 0 bridgehead atoms. The maximum Gasteiger partial charge on any atom is 0.193 e. The summed E-state index contributed by atoms with van der Waals surface area (Å²) in [5.74, 6) is 1.47. The zero-order valence-corrected chi connectivity index (χ0v) is 20.6. The van der Waals surface area contributed by atoms with Crippen LogP contribution in [0.4, 0.5) is 5.69 Å². The number of halogens is 1. The van der Waals surface area contributed by atoms with Gasteiger partial charge in [0, 0.05) is 56.1 Å². The van der Waals surface area contributed by atoms with Crippen LogP contribution in [0.5, 0.6) is 0 Å². The Morgan fingerprint density at radius 2 is 1.72 bits per heavy atom. The second-order valence-corrected chi connectivity index (χ2v) is 8.60. The monoisotopic (exact) mass is 526 g/mol. The van der Waals surface area contributed by atoms with Gasteiger partial charge in [-0.05, 0) is 43.2 Å². The smallest absolute Gasteiger partial charge is 0.193 e. The third kappa shape index (κ3) is 6.18. The van der Waals surface area contributed by atoms with Crippen LogP contribution in [-0.2, 0) is 10.8 Å². The van der Waals surface area contributed by atoms with Crippen LogP contribution >= 0.6 is 24.0 Å². The number of hydrogen-bond acceptors (Lipinski definition) is 3. The van der Waals surface area contributed by atoms with Gasteiger partial charge < -0.3 is 15.1 Å². The van der Waals surface area contributed by atoms with Crippen molar-refractivity contribution in [1.82, 2.24) is 10.2 Å². The minimum atomic E-state index is -0.987. The second-order valence-electron chi connectivity index (χ2n) is 7.03. The fraction of sp³-hybridized carbons (Fsp3) is 0.409. The number of hydrogen-bond donors (Lipinski definition) is 1. The van der Waals surface area contributed by atoms with E-state index in [0.717, 1.165) is 37.0 Å². The number of aliphatic imine (C=N–C) groups is 1. The van der Waals surface area contributed by atoms with Crippen LogP contribution in [0.25, 0.3) is 0 Å². The lowest BCUT2D eigenvalue weighted by atomic mass is 10.1. The lowest BCUT2D eigenvalue weighted by molar-refractivity contribution is 0.373. The summed E-state index contributed by atoms with van der Waals surface area (Å²) in [6.45, 7) is 8.81. The van der Waals surface area contributed by atoms with Crippen LogP contribution in [0.1, 0.15) is 11.1 Å². The summed E-state index contributed by atoms with van der Waals surface area (Å²) in [6.07, 6.45) is 0. The summed E-state index contributed by atoms with van der Waals surface area (Å²) in [5.41, 5.74) is 4.03. The second kappa shape index (κ2) is 11.5. The highest BCUT2D eigenvalue weighted by Crippen LogP contribution is 2.23. The molecule has 0 spiro atoms. The molecule has 2 aromatic rings. The Hall–Kier alpha value is -1.61. The first-order valence-corrected chi connectivity index (χ1v) is 11.1. The first-order chi connectivity index (χ1) is 13.6. The van der Waals surface area contributed by atoms with Crippen LogP contribution in [0.2, 0.25) is 0 Å². The fourth-order valence-corrected chi connectivity index (χ4v) is 4.50. The number of piperazine rings is 1. The summed E-state index contributed by atoms with van der Waals surface area (Å²) >= 11 is 0. The lowest BCUT2D eigenvalue weighted by Gasteiger charge is -2.38. The zero-order chi connectivity index (χ0) is 19.9. The van der Waals surface area contributed by atoms with Crippen molar-refractivity contribution in [3.8, 4) is 0 Å². The summed E-state index contributed by atoms with van der Waals surface area (Å²) in [6, 6.07) is 16.1. The maximum atomic E-state index is 12.4. The van der Waals surface area contributed by atoms with E-state index in [4.69, 9.17) is 0 Å². The topological polar surface area (TPSA) is 47.9 Å². The lowest BCUT2D eigenvalue weighted by Crippen LogP contribution is -2.53. The number of nitrogens with zero attached hydrogens (tertiary/aromatic N) is 3. The zero-order valence-electron chi connectivity index (χ0n) is 17.4. The summed E-state index contributed by atoms with van der Waals surface area (Å²) in [4.78, 5) is 10.0. The molecule has 29 heavy (non-hydrogen) atoms. The Morgan fingerprint density at radius 1 is 1.03 bits per heavy atom. The van der Waals surface area contributed by atoms with E-state index >= 15 is 0 Å². The molecular formula is C22H31IN4OS. The molecule has 1 heterocycles. The van der Waals surface area contributed by atoms with Gasteiger partial charge in [0.25, 0.3) is 0 Å². The maximum absolute atomic E-state index is 12.4. The van der Waals surface area contributed by atoms with Gasteiger partial charge in [-0.25, -0.2) is 0 Å². The standard InChI is InChI=1S/C22H30N4OS.HI/c1-18-8-7-11-21(19(18)2)25-13-15-26(16-14-25)22(23-3)24-12-17-28(27)20-9-5-4-6-10-20;/h4-11H,12-17H2,1-3H3,(H,23,24);1H. The van der Waals surface area contributed by atoms with E-state index in [2.05, 4.69) is 52.2 Å². The van der Waals surface area contributed by atoms with Crippen molar-refractivity contribution in [2.75, 3.05) is 50.4 Å². The van der Waals surface area contributed by atoms with Crippen molar-refractivity contribution >= 4 is 46.4 Å². The minimum Gasteiger partial charge on any atom is -0.368 e. The molecular weight excluding hydrogens is 495 g/mol. The van der Waals surface area contributed by atoms with Gasteiger partial charge in [-0.15, -0.1) is 24.0 Å². The molecule has 1 unspecified atom stereocenters. The van der Waals surface area contributed by atoms with Gasteiger partial charge in [-0.1, -0.05) is 30.3 Å². The number of guanidine groups is 1. The number of aryl methyl sites for hydroxylation is 1. The molecule has 3 rings (SSSR count). The summed E-state index contributed by atoms with van der Waals surface area (Å²) < 4.78 is 12.4. The average Bonchev–Trinajstić information content (AvgIpc) is 2.74. The fourth-order valence-electron chi connectivity index (χ4n) is 3.52. The molecule has 0 radical (unpaired) electrons. The van der Waals surface area contributed by atoms with Gasteiger partial charge in [0.1, 0.15) is 0 Å². The van der Waals surface area contributed by atoms with E-state index in [0.29, 0.717) is 12.3 Å². The quantitative estimate of drug-likeness (QED) is 0.369. The van der Waals surface area contributed by atoms with Gasteiger partial charge in [0.15, 0.2) is 5.96 Å². The van der Waals surface area contributed by atoms with Gasteiger partial charge >= 0.3 is 0 Å². The molecule has 158 valence electrons. The Bertz CT molecular complexity index is 836. The molecule has 7 heteroatoms. The predicted octanol–water partition coefficient (Wildman–Crippen LogP) is 3.43. The van der Waals surface area contributed by atoms with Gasteiger partial charge in [0.05, 0.1) is 10.8 Å². The number of rotatable bonds is 5. The van der Waals surface area contributed by atoms with E-state index in [1.807, 2.05) is 37.4 Å². The molecule has 1 fully saturated rings. The van der Waals surface area contributed by atoms with Crippen LogP contribution in [0.3, 0.4) is 0 Å². The number of nitrogens with one attached hydrogen (secondary N) is 1. The first-order valence-electron chi connectivity index (χ1n) is 9.80. The van der Waals surface area contributed by atoms with Crippen LogP contribution in [0, 0.1) is 13.8 Å². The highest BCUT2D eigenvalue weighted by molar-refractivity contribution is 14.0. The summed E-state index contributed by atoms with van der Waals surface area (Å²) in [7, 11) is 0.826. The molecule has 2 aromatic carbocycles. The normalized spacial score (nSPS) is 15.6. The Balaban J connectivity index is 0.00000300. The molecule has 0 amide bonds. The highest BCUT2D eigenvalue weighted by Gasteiger charge is 2.21. The minimum absolute atomic E-state index is 0. The van der Waals surface area contributed by atoms with E-state index < -0.39 is 10.8 Å². The van der Waals surface area contributed by atoms with Gasteiger partial charge in [-0.2, -0.15) is 0 Å². The molecule has 1 N–H and O–H groups in total. The molecule has 1 aliphatic heterocycles. The van der Waals surface area contributed by atoms with Crippen LogP contribution in [0.15, 0.2) is 58.4 Å². The van der Waals surface area contributed by atoms with Gasteiger partial charge in [-0.3, -0.25) is 9.20 Å². The Labute approximate surface area is 194 Å². The average molecular weight is 526 g/mol. The third-order valence-corrected chi connectivity index (χ3v) is 6.66.